The molecular formula is C19H16BrN3O2. The van der Waals surface area contributed by atoms with Gasteiger partial charge in [-0.05, 0) is 49.1 Å². The smallest absolute Gasteiger partial charge is 0.295 e. The summed E-state index contributed by atoms with van der Waals surface area (Å²) in [4.78, 5) is 12.2. The predicted octanol–water partition coefficient (Wildman–Crippen LogP) is 5.44. The highest BCUT2D eigenvalue weighted by Gasteiger charge is 2.25. The van der Waals surface area contributed by atoms with Crippen LogP contribution in [-0.2, 0) is 6.54 Å². The number of nitrogens with zero attached hydrogens (tertiary/aromatic N) is 3. The lowest BCUT2D eigenvalue weighted by molar-refractivity contribution is 0.0995. The number of aromatic nitrogens is 1. The van der Waals surface area contributed by atoms with E-state index in [0.717, 1.165) is 21.9 Å². The van der Waals surface area contributed by atoms with Gasteiger partial charge in [-0.15, -0.1) is 10.2 Å². The van der Waals surface area contributed by atoms with Crippen molar-refractivity contribution in [3.63, 3.8) is 0 Å². The molecule has 1 saturated carbocycles. The molecule has 3 aromatic rings. The minimum Gasteiger partial charge on any atom is -0.493 e. The molecule has 0 saturated heterocycles. The third kappa shape index (κ3) is 3.22. The summed E-state index contributed by atoms with van der Waals surface area (Å²) in [6, 6.07) is 14.6. The SMILES string of the molecule is O=C(N=Nc1c(O)n(CC2CC2)c2ccccc12)c1ccc(Br)cc1. The Morgan fingerprint density at radius 1 is 1.16 bits per heavy atom. The van der Waals surface area contributed by atoms with E-state index in [4.69, 9.17) is 0 Å². The predicted molar refractivity (Wildman–Crippen MR) is 99.3 cm³/mol. The summed E-state index contributed by atoms with van der Waals surface area (Å²) in [6.45, 7) is 0.766. The van der Waals surface area contributed by atoms with Crippen LogP contribution in [0, 0.1) is 5.92 Å². The van der Waals surface area contributed by atoms with Gasteiger partial charge in [0.2, 0.25) is 5.88 Å². The number of carbonyl (C=O) groups is 1. The fraction of sp³-hybridized carbons (Fsp3) is 0.211. The van der Waals surface area contributed by atoms with Gasteiger partial charge in [-0.3, -0.25) is 4.79 Å². The molecule has 1 aliphatic rings. The first-order chi connectivity index (χ1) is 12.1. The molecule has 0 bridgehead atoms. The van der Waals surface area contributed by atoms with Gasteiger partial charge < -0.3 is 9.67 Å². The molecule has 0 unspecified atom stereocenters. The zero-order chi connectivity index (χ0) is 17.4. The van der Waals surface area contributed by atoms with Crippen molar-refractivity contribution in [2.45, 2.75) is 19.4 Å². The van der Waals surface area contributed by atoms with Crippen molar-refractivity contribution in [3.8, 4) is 5.88 Å². The highest BCUT2D eigenvalue weighted by Crippen LogP contribution is 2.41. The molecule has 2 aromatic carbocycles. The fourth-order valence-corrected chi connectivity index (χ4v) is 3.12. The number of azo groups is 1. The number of carbonyl (C=O) groups excluding carboxylic acids is 1. The second-order valence-electron chi connectivity index (χ2n) is 6.26. The van der Waals surface area contributed by atoms with Crippen molar-refractivity contribution < 1.29 is 9.90 Å². The highest BCUT2D eigenvalue weighted by molar-refractivity contribution is 9.10. The minimum absolute atomic E-state index is 0.0699. The van der Waals surface area contributed by atoms with Crippen LogP contribution in [-0.4, -0.2) is 15.6 Å². The number of aromatic hydroxyl groups is 1. The van der Waals surface area contributed by atoms with Crippen LogP contribution in [0.4, 0.5) is 5.69 Å². The van der Waals surface area contributed by atoms with E-state index < -0.39 is 5.91 Å². The van der Waals surface area contributed by atoms with Crippen LogP contribution >= 0.6 is 15.9 Å². The lowest BCUT2D eigenvalue weighted by Gasteiger charge is -2.04. The summed E-state index contributed by atoms with van der Waals surface area (Å²) in [5, 5.41) is 19.3. The van der Waals surface area contributed by atoms with Gasteiger partial charge in [0.1, 0.15) is 0 Å². The number of fused-ring (bicyclic) bond motifs is 1. The number of benzene rings is 2. The summed E-state index contributed by atoms with van der Waals surface area (Å²) in [5.41, 5.74) is 1.71. The van der Waals surface area contributed by atoms with E-state index in [-0.39, 0.29) is 5.88 Å². The molecule has 1 N–H and O–H groups in total. The van der Waals surface area contributed by atoms with Crippen LogP contribution in [0.5, 0.6) is 5.88 Å². The molecule has 6 heteroatoms. The van der Waals surface area contributed by atoms with Crippen molar-refractivity contribution in [3.05, 3.63) is 58.6 Å². The molecule has 0 aliphatic heterocycles. The average Bonchev–Trinajstić information content (AvgIpc) is 3.40. The Kier molecular flexibility index (Phi) is 4.13. The Labute approximate surface area is 153 Å². The second kappa shape index (κ2) is 6.44. The van der Waals surface area contributed by atoms with Gasteiger partial charge in [-0.2, -0.15) is 0 Å². The van der Waals surface area contributed by atoms with Gasteiger partial charge in [-0.1, -0.05) is 34.1 Å². The molecule has 1 heterocycles. The first kappa shape index (κ1) is 16.0. The molecule has 1 aromatic heterocycles. The maximum absolute atomic E-state index is 12.2. The standard InChI is InChI=1S/C19H16BrN3O2/c20-14-9-7-13(8-10-14)18(24)22-21-17-15-3-1-2-4-16(15)23(19(17)25)11-12-5-6-12/h1-4,7-10,12,25H,5-6,11H2. The highest BCUT2D eigenvalue weighted by atomic mass is 79.9. The van der Waals surface area contributed by atoms with Crippen LogP contribution in [0.25, 0.3) is 10.9 Å². The Morgan fingerprint density at radius 3 is 2.60 bits per heavy atom. The third-order valence-electron chi connectivity index (χ3n) is 4.39. The lowest BCUT2D eigenvalue weighted by Crippen LogP contribution is -1.98. The van der Waals surface area contributed by atoms with Crippen molar-refractivity contribution in [2.75, 3.05) is 0 Å². The summed E-state index contributed by atoms with van der Waals surface area (Å²) in [7, 11) is 0. The number of hydrogen-bond donors (Lipinski definition) is 1. The molecule has 1 fully saturated rings. The second-order valence-corrected chi connectivity index (χ2v) is 7.17. The Bertz CT molecular complexity index is 972. The molecule has 1 aliphatic carbocycles. The van der Waals surface area contributed by atoms with Crippen molar-refractivity contribution in [1.29, 1.82) is 0 Å². The summed E-state index contributed by atoms with van der Waals surface area (Å²) < 4.78 is 2.76. The van der Waals surface area contributed by atoms with Crippen molar-refractivity contribution in [1.82, 2.24) is 4.57 Å². The average molecular weight is 398 g/mol. The van der Waals surface area contributed by atoms with Crippen LogP contribution in [0.3, 0.4) is 0 Å². The van der Waals surface area contributed by atoms with Gasteiger partial charge in [0.25, 0.3) is 5.91 Å². The molecule has 0 spiro atoms. The Morgan fingerprint density at radius 2 is 1.88 bits per heavy atom. The van der Waals surface area contributed by atoms with E-state index in [1.54, 1.807) is 24.3 Å². The van der Waals surface area contributed by atoms with Crippen LogP contribution < -0.4 is 0 Å². The number of para-hydroxylation sites is 1. The zero-order valence-electron chi connectivity index (χ0n) is 13.4. The topological polar surface area (TPSA) is 66.9 Å². The quantitative estimate of drug-likeness (QED) is 0.595. The molecule has 25 heavy (non-hydrogen) atoms. The largest absolute Gasteiger partial charge is 0.493 e. The molecule has 1 amide bonds. The molecular weight excluding hydrogens is 382 g/mol. The summed E-state index contributed by atoms with van der Waals surface area (Å²) in [6.07, 6.45) is 2.37. The molecule has 126 valence electrons. The fourth-order valence-electron chi connectivity index (χ4n) is 2.86. The van der Waals surface area contributed by atoms with Crippen LogP contribution in [0.2, 0.25) is 0 Å². The monoisotopic (exact) mass is 397 g/mol. The molecule has 0 atom stereocenters. The van der Waals surface area contributed by atoms with Crippen LogP contribution in [0.15, 0.2) is 63.2 Å². The first-order valence-electron chi connectivity index (χ1n) is 8.15. The normalized spacial score (nSPS) is 14.4. The van der Waals surface area contributed by atoms with Gasteiger partial charge in [0, 0.05) is 22.0 Å². The van der Waals surface area contributed by atoms with E-state index >= 15 is 0 Å². The van der Waals surface area contributed by atoms with E-state index in [1.165, 1.54) is 12.8 Å². The number of hydrogen-bond acceptors (Lipinski definition) is 3. The summed E-state index contributed by atoms with van der Waals surface area (Å²) >= 11 is 3.33. The van der Waals surface area contributed by atoms with Gasteiger partial charge in [0.15, 0.2) is 5.69 Å². The lowest BCUT2D eigenvalue weighted by atomic mass is 10.2. The number of amides is 1. The molecule has 4 rings (SSSR count). The van der Waals surface area contributed by atoms with E-state index in [1.807, 2.05) is 28.8 Å². The maximum Gasteiger partial charge on any atom is 0.295 e. The Hall–Kier alpha value is -2.47. The van der Waals surface area contributed by atoms with Gasteiger partial charge in [0.05, 0.1) is 5.52 Å². The van der Waals surface area contributed by atoms with E-state index in [2.05, 4.69) is 26.2 Å². The summed E-state index contributed by atoms with van der Waals surface area (Å²) in [5.74, 6) is 0.238. The maximum atomic E-state index is 12.2. The number of rotatable bonds is 4. The van der Waals surface area contributed by atoms with Gasteiger partial charge in [-0.25, -0.2) is 0 Å². The third-order valence-corrected chi connectivity index (χ3v) is 4.92. The Balaban J connectivity index is 1.69. The van der Waals surface area contributed by atoms with Crippen molar-refractivity contribution >= 4 is 38.4 Å². The molecule has 5 nitrogen and oxygen atoms in total. The van der Waals surface area contributed by atoms with Gasteiger partial charge >= 0.3 is 0 Å². The van der Waals surface area contributed by atoms with E-state index in [0.29, 0.717) is 17.2 Å². The minimum atomic E-state index is -0.439. The molecule has 0 radical (unpaired) electrons. The van der Waals surface area contributed by atoms with Crippen molar-refractivity contribution in [2.24, 2.45) is 16.1 Å². The number of halogens is 1. The zero-order valence-corrected chi connectivity index (χ0v) is 15.0. The first-order valence-corrected chi connectivity index (χ1v) is 8.94. The van der Waals surface area contributed by atoms with E-state index in [9.17, 15) is 9.90 Å². The van der Waals surface area contributed by atoms with Crippen LogP contribution in [0.1, 0.15) is 23.2 Å².